The van der Waals surface area contributed by atoms with Gasteiger partial charge in [-0.05, 0) is 102 Å². The summed E-state index contributed by atoms with van der Waals surface area (Å²) in [6.07, 6.45) is 9.34. The molecule has 3 aliphatic rings. The number of aliphatic imine (C=N–C) groups is 1. The Balaban J connectivity index is 0.000000244. The Bertz CT molecular complexity index is 1310. The molecule has 3 heterocycles. The quantitative estimate of drug-likeness (QED) is 0.154. The molecule has 0 aromatic heterocycles. The lowest BCUT2D eigenvalue weighted by Gasteiger charge is -2.32. The Morgan fingerprint density at radius 1 is 0.694 bits per heavy atom. The SMILES string of the molecule is CC1SC(=N[C@@H](C)c2ccccc2)NC1=O.c1ccc([C@H](CN2CCCCC2)NCCCN[C@@H](CN2CCCCC2)c2ccccc2)cc1. The molecule has 3 aliphatic heterocycles. The van der Waals surface area contributed by atoms with Gasteiger partial charge in [0.05, 0.1) is 11.3 Å². The van der Waals surface area contributed by atoms with E-state index in [2.05, 4.69) is 91.4 Å². The van der Waals surface area contributed by atoms with Crippen LogP contribution in [0.25, 0.3) is 0 Å². The first-order chi connectivity index (χ1) is 24.0. The highest BCUT2D eigenvalue weighted by molar-refractivity contribution is 8.15. The molecule has 6 rings (SSSR count). The Hall–Kier alpha value is -3.01. The number of nitrogens with one attached hydrogen (secondary N) is 3. The van der Waals surface area contributed by atoms with Crippen LogP contribution in [0.4, 0.5) is 0 Å². The molecule has 8 heteroatoms. The average Bonchev–Trinajstić information content (AvgIpc) is 3.48. The van der Waals surface area contributed by atoms with Crippen LogP contribution in [0.1, 0.15) is 93.6 Å². The maximum Gasteiger partial charge on any atom is 0.239 e. The number of thioether (sulfide) groups is 1. The summed E-state index contributed by atoms with van der Waals surface area (Å²) >= 11 is 1.49. The Morgan fingerprint density at radius 3 is 1.53 bits per heavy atom. The second-order valence-electron chi connectivity index (χ2n) is 13.7. The zero-order valence-electron chi connectivity index (χ0n) is 29.7. The molecular weight excluding hydrogens is 625 g/mol. The highest BCUT2D eigenvalue weighted by atomic mass is 32.2. The third-order valence-corrected chi connectivity index (χ3v) is 10.8. The van der Waals surface area contributed by atoms with Gasteiger partial charge in [0.15, 0.2) is 5.17 Å². The second-order valence-corrected chi connectivity index (χ2v) is 15.0. The van der Waals surface area contributed by atoms with Crippen molar-refractivity contribution in [2.75, 3.05) is 52.4 Å². The molecule has 3 aromatic carbocycles. The predicted octanol–water partition coefficient (Wildman–Crippen LogP) is 7.37. The van der Waals surface area contributed by atoms with Gasteiger partial charge in [0.2, 0.25) is 5.91 Å². The number of carbonyl (C=O) groups excluding carboxylic acids is 1. The van der Waals surface area contributed by atoms with Crippen molar-refractivity contribution in [3.63, 3.8) is 0 Å². The first kappa shape index (κ1) is 37.3. The molecule has 0 aliphatic carbocycles. The minimum Gasteiger partial charge on any atom is -0.309 e. The number of likely N-dealkylation sites (tertiary alicyclic amines) is 2. The molecule has 0 spiro atoms. The van der Waals surface area contributed by atoms with Gasteiger partial charge < -0.3 is 25.8 Å². The van der Waals surface area contributed by atoms with Crippen LogP contribution >= 0.6 is 11.8 Å². The monoisotopic (exact) mass is 682 g/mol. The number of amidine groups is 1. The largest absolute Gasteiger partial charge is 0.309 e. The van der Waals surface area contributed by atoms with Crippen LogP contribution in [-0.4, -0.2) is 78.5 Å². The minimum absolute atomic E-state index is 0.0262. The normalized spacial score (nSPS) is 21.4. The topological polar surface area (TPSA) is 72.0 Å². The van der Waals surface area contributed by atoms with Crippen molar-refractivity contribution >= 4 is 22.8 Å². The first-order valence-corrected chi connectivity index (χ1v) is 19.5. The van der Waals surface area contributed by atoms with Crippen molar-refractivity contribution in [3.05, 3.63) is 108 Å². The first-order valence-electron chi connectivity index (χ1n) is 18.7. The summed E-state index contributed by atoms with van der Waals surface area (Å²) in [5.41, 5.74) is 4.00. The fraction of sp³-hybridized carbons (Fsp3) is 0.512. The van der Waals surface area contributed by atoms with E-state index >= 15 is 0 Å². The molecule has 1 unspecified atom stereocenters. The van der Waals surface area contributed by atoms with Crippen molar-refractivity contribution < 1.29 is 4.79 Å². The van der Waals surface area contributed by atoms with Crippen LogP contribution < -0.4 is 16.0 Å². The van der Waals surface area contributed by atoms with Crippen molar-refractivity contribution in [2.45, 2.75) is 82.2 Å². The van der Waals surface area contributed by atoms with Crippen LogP contribution in [0.3, 0.4) is 0 Å². The van der Waals surface area contributed by atoms with Gasteiger partial charge in [0, 0.05) is 25.2 Å². The van der Waals surface area contributed by atoms with E-state index in [1.807, 2.05) is 44.2 Å². The van der Waals surface area contributed by atoms with Crippen LogP contribution in [0.5, 0.6) is 0 Å². The highest BCUT2D eigenvalue weighted by Crippen LogP contribution is 2.24. The van der Waals surface area contributed by atoms with Crippen LogP contribution in [0.2, 0.25) is 0 Å². The van der Waals surface area contributed by atoms with Crippen LogP contribution in [0.15, 0.2) is 96.0 Å². The van der Waals surface area contributed by atoms with Gasteiger partial charge in [0.25, 0.3) is 0 Å². The number of hydrogen-bond donors (Lipinski definition) is 3. The van der Waals surface area contributed by atoms with Crippen LogP contribution in [0, 0.1) is 0 Å². The lowest BCUT2D eigenvalue weighted by molar-refractivity contribution is -0.118. The molecule has 4 atom stereocenters. The van der Waals surface area contributed by atoms with E-state index in [0.717, 1.165) is 43.3 Å². The second kappa shape index (κ2) is 20.6. The molecule has 264 valence electrons. The number of hydrogen-bond acceptors (Lipinski definition) is 7. The Morgan fingerprint density at radius 2 is 1.12 bits per heavy atom. The zero-order valence-corrected chi connectivity index (χ0v) is 30.6. The van der Waals surface area contributed by atoms with Gasteiger partial charge in [-0.15, -0.1) is 0 Å². The van der Waals surface area contributed by atoms with Crippen molar-refractivity contribution in [2.24, 2.45) is 4.99 Å². The molecule has 3 saturated heterocycles. The van der Waals surface area contributed by atoms with Crippen molar-refractivity contribution in [1.82, 2.24) is 25.8 Å². The van der Waals surface area contributed by atoms with Gasteiger partial charge in [-0.2, -0.15) is 0 Å². The molecule has 0 radical (unpaired) electrons. The minimum atomic E-state index is -0.0262. The Kier molecular flexibility index (Phi) is 15.7. The molecular formula is C41H58N6OS. The summed E-state index contributed by atoms with van der Waals surface area (Å²) in [6, 6.07) is 33.0. The van der Waals surface area contributed by atoms with E-state index in [0.29, 0.717) is 12.1 Å². The smallest absolute Gasteiger partial charge is 0.239 e. The third-order valence-electron chi connectivity index (χ3n) is 9.80. The fourth-order valence-electron chi connectivity index (χ4n) is 6.89. The molecule has 0 bridgehead atoms. The maximum atomic E-state index is 11.3. The molecule has 3 aromatic rings. The van der Waals surface area contributed by atoms with Crippen molar-refractivity contribution in [1.29, 1.82) is 0 Å². The maximum absolute atomic E-state index is 11.3. The zero-order chi connectivity index (χ0) is 34.1. The van der Waals surface area contributed by atoms with Gasteiger partial charge >= 0.3 is 0 Å². The number of piperidine rings is 2. The number of rotatable bonds is 14. The molecule has 3 N–H and O–H groups in total. The number of carbonyl (C=O) groups is 1. The summed E-state index contributed by atoms with van der Waals surface area (Å²) in [7, 11) is 0. The predicted molar refractivity (Wildman–Crippen MR) is 207 cm³/mol. The summed E-state index contributed by atoms with van der Waals surface area (Å²) in [4.78, 5) is 21.1. The van der Waals surface area contributed by atoms with E-state index in [1.54, 1.807) is 0 Å². The van der Waals surface area contributed by atoms with E-state index in [9.17, 15) is 4.79 Å². The molecule has 0 saturated carbocycles. The van der Waals surface area contributed by atoms with Crippen molar-refractivity contribution in [3.8, 4) is 0 Å². The number of nitrogens with zero attached hydrogens (tertiary/aromatic N) is 3. The fourth-order valence-corrected chi connectivity index (χ4v) is 7.77. The average molecular weight is 683 g/mol. The van der Waals surface area contributed by atoms with E-state index in [4.69, 9.17) is 0 Å². The summed E-state index contributed by atoms with van der Waals surface area (Å²) in [5, 5.41) is 11.3. The number of amides is 1. The van der Waals surface area contributed by atoms with Gasteiger partial charge in [-0.3, -0.25) is 9.79 Å². The standard InChI is InChI=1S/C29H44N4.C12H14N2OS/c1-5-14-26(15-6-1)28(24-32-20-9-3-10-21-32)30-18-13-19-31-29(27-16-7-2-8-17-27)25-33-22-11-4-12-23-33;1-8(10-6-4-3-5-7-10)13-12-14-11(15)9(2)16-12/h1-2,5-8,14-17,28-31H,3-4,9-13,18-25H2;3-9H,1-2H3,(H,13,14,15)/t28-,29-;8-,9?/m00/s1. The number of benzene rings is 3. The van der Waals surface area contributed by atoms with E-state index in [-0.39, 0.29) is 17.2 Å². The van der Waals surface area contributed by atoms with Gasteiger partial charge in [0.1, 0.15) is 0 Å². The molecule has 49 heavy (non-hydrogen) atoms. The van der Waals surface area contributed by atoms with Crippen LogP contribution in [-0.2, 0) is 4.79 Å². The third kappa shape index (κ3) is 12.7. The highest BCUT2D eigenvalue weighted by Gasteiger charge is 2.26. The molecule has 7 nitrogen and oxygen atoms in total. The molecule has 3 fully saturated rings. The van der Waals surface area contributed by atoms with Gasteiger partial charge in [-0.1, -0.05) is 116 Å². The Labute approximate surface area is 299 Å². The van der Waals surface area contributed by atoms with E-state index in [1.165, 1.54) is 87.6 Å². The van der Waals surface area contributed by atoms with E-state index < -0.39 is 0 Å². The lowest BCUT2D eigenvalue weighted by atomic mass is 10.0. The molecule has 1 amide bonds. The lowest BCUT2D eigenvalue weighted by Crippen LogP contribution is -2.40. The summed E-state index contributed by atoms with van der Waals surface area (Å²) in [6.45, 7) is 13.3. The summed E-state index contributed by atoms with van der Waals surface area (Å²) < 4.78 is 0. The van der Waals surface area contributed by atoms with Gasteiger partial charge in [-0.25, -0.2) is 0 Å². The summed E-state index contributed by atoms with van der Waals surface area (Å²) in [5.74, 6) is 0.0454.